The van der Waals surface area contributed by atoms with Gasteiger partial charge in [-0.15, -0.1) is 0 Å². The van der Waals surface area contributed by atoms with E-state index in [-0.39, 0.29) is 5.78 Å². The molecule has 0 amide bonds. The second-order valence-corrected chi connectivity index (χ2v) is 5.97. The van der Waals surface area contributed by atoms with Crippen LogP contribution in [0.1, 0.15) is 34.8 Å². The van der Waals surface area contributed by atoms with Crippen LogP contribution in [0.5, 0.6) is 0 Å². The zero-order chi connectivity index (χ0) is 13.8. The molecule has 0 aromatic heterocycles. The quantitative estimate of drug-likeness (QED) is 0.528. The van der Waals surface area contributed by atoms with Crippen LogP contribution in [0.3, 0.4) is 0 Å². The minimum absolute atomic E-state index is 0.0151. The highest BCUT2D eigenvalue weighted by atomic mass is 127. The first-order valence-corrected chi connectivity index (χ1v) is 7.66. The van der Waals surface area contributed by atoms with Crippen LogP contribution < -0.4 is 0 Å². The summed E-state index contributed by atoms with van der Waals surface area (Å²) in [4.78, 5) is 12.3. The third-order valence-electron chi connectivity index (χ3n) is 2.94. The zero-order valence-corrected chi connectivity index (χ0v) is 13.5. The minimum atomic E-state index is 0.0151. The summed E-state index contributed by atoms with van der Waals surface area (Å²) in [5.41, 5.74) is 2.60. The van der Waals surface area contributed by atoms with E-state index < -0.39 is 0 Å². The molecule has 0 unspecified atom stereocenters. The highest BCUT2D eigenvalue weighted by Gasteiger charge is 2.10. The molecule has 98 valence electrons. The van der Waals surface area contributed by atoms with Crippen LogP contribution in [0.2, 0.25) is 5.02 Å². The maximum atomic E-state index is 12.3. The summed E-state index contributed by atoms with van der Waals surface area (Å²) in [5, 5.41) is 0.619. The smallest absolute Gasteiger partial charge is 0.193 e. The van der Waals surface area contributed by atoms with Crippen LogP contribution in [-0.4, -0.2) is 5.78 Å². The molecule has 0 aliphatic heterocycles. The molecule has 0 radical (unpaired) electrons. The van der Waals surface area contributed by atoms with Crippen molar-refractivity contribution in [3.05, 3.63) is 67.7 Å². The SMILES string of the molecule is CCCc1ccc(C(=O)c2ccc(I)c(Cl)c2)cc1. The Balaban J connectivity index is 2.25. The fourth-order valence-electron chi connectivity index (χ4n) is 1.92. The van der Waals surface area contributed by atoms with Crippen molar-refractivity contribution in [2.75, 3.05) is 0 Å². The Morgan fingerprint density at radius 1 is 1.11 bits per heavy atom. The molecule has 0 aliphatic carbocycles. The lowest BCUT2D eigenvalue weighted by molar-refractivity contribution is 0.103. The van der Waals surface area contributed by atoms with Crippen LogP contribution in [-0.2, 0) is 6.42 Å². The zero-order valence-electron chi connectivity index (χ0n) is 10.6. The molecule has 2 rings (SSSR count). The summed E-state index contributed by atoms with van der Waals surface area (Å²) in [6.45, 7) is 2.15. The van der Waals surface area contributed by atoms with Gasteiger partial charge in [0.05, 0.1) is 5.02 Å². The van der Waals surface area contributed by atoms with E-state index in [0.717, 1.165) is 16.4 Å². The van der Waals surface area contributed by atoms with E-state index in [0.29, 0.717) is 16.1 Å². The van der Waals surface area contributed by atoms with E-state index in [1.807, 2.05) is 36.4 Å². The van der Waals surface area contributed by atoms with E-state index in [2.05, 4.69) is 29.5 Å². The Morgan fingerprint density at radius 2 is 1.74 bits per heavy atom. The van der Waals surface area contributed by atoms with Gasteiger partial charge in [0.1, 0.15) is 0 Å². The van der Waals surface area contributed by atoms with Crippen LogP contribution in [0.4, 0.5) is 0 Å². The lowest BCUT2D eigenvalue weighted by Crippen LogP contribution is -2.01. The Hall–Kier alpha value is -0.870. The maximum absolute atomic E-state index is 12.3. The summed E-state index contributed by atoms with van der Waals surface area (Å²) in [5.74, 6) is 0.0151. The highest BCUT2D eigenvalue weighted by molar-refractivity contribution is 14.1. The van der Waals surface area contributed by atoms with Gasteiger partial charge in [-0.05, 0) is 52.8 Å². The first kappa shape index (κ1) is 14.5. The first-order valence-electron chi connectivity index (χ1n) is 6.20. The Bertz CT molecular complexity index is 590. The molecule has 2 aromatic carbocycles. The lowest BCUT2D eigenvalue weighted by Gasteiger charge is -2.04. The van der Waals surface area contributed by atoms with Crippen molar-refractivity contribution in [2.24, 2.45) is 0 Å². The molecule has 1 nitrogen and oxygen atoms in total. The predicted octanol–water partition coefficient (Wildman–Crippen LogP) is 5.13. The van der Waals surface area contributed by atoms with Gasteiger partial charge in [0.25, 0.3) is 0 Å². The number of rotatable bonds is 4. The van der Waals surface area contributed by atoms with Gasteiger partial charge >= 0.3 is 0 Å². The molecule has 0 N–H and O–H groups in total. The standard InChI is InChI=1S/C16H14ClIO/c1-2-3-11-4-6-12(7-5-11)16(19)13-8-9-15(18)14(17)10-13/h4-10H,2-3H2,1H3. The van der Waals surface area contributed by atoms with Gasteiger partial charge in [-0.25, -0.2) is 0 Å². The molecule has 0 bridgehead atoms. The Labute approximate surface area is 132 Å². The second kappa shape index (κ2) is 6.53. The number of benzene rings is 2. The lowest BCUT2D eigenvalue weighted by atomic mass is 10.0. The number of hydrogen-bond acceptors (Lipinski definition) is 1. The molecule has 0 saturated heterocycles. The third kappa shape index (κ3) is 3.57. The third-order valence-corrected chi connectivity index (χ3v) is 4.51. The van der Waals surface area contributed by atoms with Gasteiger partial charge in [0, 0.05) is 14.7 Å². The van der Waals surface area contributed by atoms with E-state index >= 15 is 0 Å². The second-order valence-electron chi connectivity index (χ2n) is 4.40. The summed E-state index contributed by atoms with van der Waals surface area (Å²) in [6, 6.07) is 13.2. The summed E-state index contributed by atoms with van der Waals surface area (Å²) >= 11 is 8.20. The number of halogens is 2. The monoisotopic (exact) mass is 384 g/mol. The van der Waals surface area contributed by atoms with E-state index in [1.54, 1.807) is 6.07 Å². The topological polar surface area (TPSA) is 17.1 Å². The van der Waals surface area contributed by atoms with Crippen molar-refractivity contribution >= 4 is 40.0 Å². The number of carbonyl (C=O) groups excluding carboxylic acids is 1. The number of aryl methyl sites for hydroxylation is 1. The summed E-state index contributed by atoms with van der Waals surface area (Å²) in [7, 11) is 0. The molecule has 3 heteroatoms. The first-order chi connectivity index (χ1) is 9.11. The van der Waals surface area contributed by atoms with Crippen molar-refractivity contribution in [1.29, 1.82) is 0 Å². The maximum Gasteiger partial charge on any atom is 0.193 e. The molecular formula is C16H14ClIO. The van der Waals surface area contributed by atoms with Gasteiger partial charge in [-0.3, -0.25) is 4.79 Å². The van der Waals surface area contributed by atoms with Gasteiger partial charge in [0.2, 0.25) is 0 Å². The molecule has 0 saturated carbocycles. The highest BCUT2D eigenvalue weighted by Crippen LogP contribution is 2.21. The molecular weight excluding hydrogens is 371 g/mol. The fraction of sp³-hybridized carbons (Fsp3) is 0.188. The summed E-state index contributed by atoms with van der Waals surface area (Å²) < 4.78 is 0.953. The predicted molar refractivity (Wildman–Crippen MR) is 88.0 cm³/mol. The van der Waals surface area contributed by atoms with Crippen molar-refractivity contribution in [3.8, 4) is 0 Å². The molecule has 0 heterocycles. The molecule has 2 aromatic rings. The van der Waals surface area contributed by atoms with E-state index in [1.165, 1.54) is 5.56 Å². The van der Waals surface area contributed by atoms with Gasteiger partial charge < -0.3 is 0 Å². The molecule has 0 atom stereocenters. The fourth-order valence-corrected chi connectivity index (χ4v) is 2.43. The van der Waals surface area contributed by atoms with Gasteiger partial charge in [-0.1, -0.05) is 49.2 Å². The minimum Gasteiger partial charge on any atom is -0.289 e. The van der Waals surface area contributed by atoms with Crippen molar-refractivity contribution in [3.63, 3.8) is 0 Å². The van der Waals surface area contributed by atoms with E-state index in [4.69, 9.17) is 11.6 Å². The average Bonchev–Trinajstić information content (AvgIpc) is 2.42. The number of ketones is 1. The van der Waals surface area contributed by atoms with Crippen molar-refractivity contribution in [2.45, 2.75) is 19.8 Å². The van der Waals surface area contributed by atoms with Crippen LogP contribution in [0, 0.1) is 3.57 Å². The average molecular weight is 385 g/mol. The van der Waals surface area contributed by atoms with E-state index in [9.17, 15) is 4.79 Å². The van der Waals surface area contributed by atoms with Crippen LogP contribution >= 0.6 is 34.2 Å². The summed E-state index contributed by atoms with van der Waals surface area (Å²) in [6.07, 6.45) is 2.16. The van der Waals surface area contributed by atoms with Gasteiger partial charge in [0.15, 0.2) is 5.78 Å². The molecule has 19 heavy (non-hydrogen) atoms. The molecule has 0 aliphatic rings. The normalized spacial score (nSPS) is 10.5. The van der Waals surface area contributed by atoms with Crippen molar-refractivity contribution in [1.82, 2.24) is 0 Å². The number of hydrogen-bond donors (Lipinski definition) is 0. The molecule has 0 fully saturated rings. The number of carbonyl (C=O) groups is 1. The van der Waals surface area contributed by atoms with Crippen molar-refractivity contribution < 1.29 is 4.79 Å². The largest absolute Gasteiger partial charge is 0.289 e. The van der Waals surface area contributed by atoms with Crippen LogP contribution in [0.15, 0.2) is 42.5 Å². The van der Waals surface area contributed by atoms with Crippen LogP contribution in [0.25, 0.3) is 0 Å². The Kier molecular flexibility index (Phi) is 4.99. The Morgan fingerprint density at radius 3 is 2.32 bits per heavy atom. The van der Waals surface area contributed by atoms with Gasteiger partial charge in [-0.2, -0.15) is 0 Å². The molecule has 0 spiro atoms.